The maximum atomic E-state index is 13.6. The van der Waals surface area contributed by atoms with Gasteiger partial charge in [0.05, 0.1) is 18.7 Å². The Balaban J connectivity index is 1.47. The number of fused-ring (bicyclic) bond motifs is 3. The number of nitrogens with zero attached hydrogens (tertiary/aromatic N) is 3. The average Bonchev–Trinajstić information content (AvgIpc) is 2.80. The second-order valence-corrected chi connectivity index (χ2v) is 7.88. The molecule has 3 heterocycles. The van der Waals surface area contributed by atoms with E-state index in [2.05, 4.69) is 10.3 Å². The van der Waals surface area contributed by atoms with Crippen molar-refractivity contribution >= 4 is 23.3 Å². The highest BCUT2D eigenvalue weighted by Gasteiger charge is 2.55. The number of rotatable bonds is 3. The molecule has 0 spiro atoms. The van der Waals surface area contributed by atoms with Crippen LogP contribution in [-0.2, 0) is 0 Å². The summed E-state index contributed by atoms with van der Waals surface area (Å²) in [6.45, 7) is 0.0570. The van der Waals surface area contributed by atoms with Crippen molar-refractivity contribution in [2.45, 2.75) is 18.0 Å². The number of aliphatic hydroxyl groups excluding tert-OH is 1. The number of hydrogen-bond acceptors (Lipinski definition) is 4. The molecule has 2 aliphatic rings. The Bertz CT molecular complexity index is 1170. The van der Waals surface area contributed by atoms with Crippen LogP contribution in [-0.4, -0.2) is 52.2 Å². The van der Waals surface area contributed by atoms with Gasteiger partial charge in [-0.25, -0.2) is 9.18 Å². The van der Waals surface area contributed by atoms with Gasteiger partial charge in [0.25, 0.3) is 5.91 Å². The van der Waals surface area contributed by atoms with Gasteiger partial charge in [-0.3, -0.25) is 14.7 Å². The molecule has 2 aliphatic heterocycles. The maximum Gasteiger partial charge on any atom is 0.326 e. The summed E-state index contributed by atoms with van der Waals surface area (Å²) in [6.07, 6.45) is 1.55. The number of aliphatic hydroxyl groups is 1. The highest BCUT2D eigenvalue weighted by molar-refractivity contribution is 6.03. The number of halogens is 1. The molecular formula is C24H21FN4O3. The van der Waals surface area contributed by atoms with Crippen LogP contribution in [0, 0.1) is 5.82 Å². The number of aromatic nitrogens is 1. The Morgan fingerprint density at radius 2 is 1.91 bits per heavy atom. The third-order valence-electron chi connectivity index (χ3n) is 6.13. The van der Waals surface area contributed by atoms with Crippen molar-refractivity contribution in [3.8, 4) is 0 Å². The molecule has 32 heavy (non-hydrogen) atoms. The van der Waals surface area contributed by atoms with Crippen LogP contribution >= 0.6 is 0 Å². The number of benzene rings is 2. The Morgan fingerprint density at radius 1 is 1.09 bits per heavy atom. The molecule has 7 nitrogen and oxygen atoms in total. The lowest BCUT2D eigenvalue weighted by molar-refractivity contribution is -0.0245. The van der Waals surface area contributed by atoms with Gasteiger partial charge < -0.3 is 15.3 Å². The van der Waals surface area contributed by atoms with Crippen molar-refractivity contribution in [2.75, 3.05) is 23.4 Å². The highest BCUT2D eigenvalue weighted by Crippen LogP contribution is 2.48. The van der Waals surface area contributed by atoms with Crippen molar-refractivity contribution in [1.82, 2.24) is 9.88 Å². The Morgan fingerprint density at radius 3 is 2.66 bits per heavy atom. The molecular weight excluding hydrogens is 411 g/mol. The van der Waals surface area contributed by atoms with Gasteiger partial charge >= 0.3 is 6.03 Å². The minimum absolute atomic E-state index is 0.0953. The van der Waals surface area contributed by atoms with Gasteiger partial charge in [-0.1, -0.05) is 30.3 Å². The van der Waals surface area contributed by atoms with Gasteiger partial charge in [0, 0.05) is 30.0 Å². The zero-order valence-corrected chi connectivity index (χ0v) is 17.1. The topological polar surface area (TPSA) is 85.8 Å². The molecule has 3 aromatic rings. The van der Waals surface area contributed by atoms with Crippen LogP contribution in [0.5, 0.6) is 0 Å². The molecule has 1 aromatic heterocycles. The SMILES string of the molecule is O=C(Nc1cccc(F)c1)N1C[C@@H]2[C@H](c3ccccc31)[C@H](CO)N2C(=O)c1ccccn1. The van der Waals surface area contributed by atoms with Crippen molar-refractivity contribution in [1.29, 1.82) is 0 Å². The van der Waals surface area contributed by atoms with Crippen molar-refractivity contribution in [2.24, 2.45) is 0 Å². The summed E-state index contributed by atoms with van der Waals surface area (Å²) >= 11 is 0. The minimum Gasteiger partial charge on any atom is -0.394 e. The second-order valence-electron chi connectivity index (χ2n) is 7.88. The Kier molecular flexibility index (Phi) is 5.07. The van der Waals surface area contributed by atoms with Crippen molar-refractivity contribution < 1.29 is 19.1 Å². The standard InChI is InChI=1S/C24H21FN4O3/c25-15-6-5-7-16(12-15)27-24(32)28-13-20-22(17-8-1-2-10-19(17)28)21(14-30)29(20)23(31)18-9-3-4-11-26-18/h1-12,20-22,30H,13-14H2,(H,27,32)/t20-,21+,22+/m1/s1. The first-order valence-corrected chi connectivity index (χ1v) is 10.4. The van der Waals surface area contributed by atoms with Crippen LogP contribution in [0.2, 0.25) is 0 Å². The fourth-order valence-electron chi connectivity index (χ4n) is 4.74. The molecule has 0 aliphatic carbocycles. The van der Waals surface area contributed by atoms with Crippen molar-refractivity contribution in [3.63, 3.8) is 0 Å². The van der Waals surface area contributed by atoms with Gasteiger partial charge in [-0.05, 0) is 42.0 Å². The van der Waals surface area contributed by atoms with E-state index < -0.39 is 17.9 Å². The molecule has 0 radical (unpaired) electrons. The summed E-state index contributed by atoms with van der Waals surface area (Å²) in [5, 5.41) is 12.8. The van der Waals surface area contributed by atoms with E-state index in [0.717, 1.165) is 5.56 Å². The summed E-state index contributed by atoms with van der Waals surface area (Å²) < 4.78 is 13.6. The quantitative estimate of drug-likeness (QED) is 0.665. The normalized spacial score (nSPS) is 21.2. The van der Waals surface area contributed by atoms with E-state index in [1.165, 1.54) is 18.2 Å². The number of nitrogens with one attached hydrogen (secondary N) is 1. The second kappa shape index (κ2) is 8.05. The lowest BCUT2D eigenvalue weighted by atomic mass is 9.72. The molecule has 162 valence electrons. The van der Waals surface area contributed by atoms with Gasteiger partial charge in [-0.15, -0.1) is 0 Å². The first-order chi connectivity index (χ1) is 15.6. The average molecular weight is 432 g/mol. The number of carbonyl (C=O) groups is 2. The van der Waals surface area contributed by atoms with Gasteiger partial charge in [0.15, 0.2) is 0 Å². The van der Waals surface area contributed by atoms with E-state index >= 15 is 0 Å². The predicted molar refractivity (Wildman–Crippen MR) is 117 cm³/mol. The Hall–Kier alpha value is -3.78. The highest BCUT2D eigenvalue weighted by atomic mass is 19.1. The van der Waals surface area contributed by atoms with Gasteiger partial charge in [-0.2, -0.15) is 0 Å². The first kappa shape index (κ1) is 20.1. The molecule has 5 rings (SSSR count). The van der Waals surface area contributed by atoms with Crippen molar-refractivity contribution in [3.05, 3.63) is 90.0 Å². The van der Waals surface area contributed by atoms with Crippen LogP contribution in [0.15, 0.2) is 72.9 Å². The predicted octanol–water partition coefficient (Wildman–Crippen LogP) is 3.24. The lowest BCUT2D eigenvalue weighted by Gasteiger charge is -2.58. The van der Waals surface area contributed by atoms with Crippen LogP contribution in [0.4, 0.5) is 20.6 Å². The van der Waals surface area contributed by atoms with Gasteiger partial charge in [0.2, 0.25) is 0 Å². The van der Waals surface area contributed by atoms with E-state index in [0.29, 0.717) is 17.1 Å². The smallest absolute Gasteiger partial charge is 0.326 e. The summed E-state index contributed by atoms with van der Waals surface area (Å²) in [7, 11) is 0. The number of likely N-dealkylation sites (tertiary alicyclic amines) is 1. The monoisotopic (exact) mass is 432 g/mol. The van der Waals surface area contributed by atoms with E-state index in [1.54, 1.807) is 40.3 Å². The number of hydrogen-bond donors (Lipinski definition) is 2. The van der Waals surface area contributed by atoms with Crippen LogP contribution in [0.25, 0.3) is 0 Å². The molecule has 1 fully saturated rings. The fraction of sp³-hybridized carbons (Fsp3) is 0.208. The van der Waals surface area contributed by atoms with Crippen LogP contribution < -0.4 is 10.2 Å². The zero-order chi connectivity index (χ0) is 22.2. The number of urea groups is 1. The number of amides is 3. The zero-order valence-electron chi connectivity index (χ0n) is 17.1. The fourth-order valence-corrected chi connectivity index (χ4v) is 4.74. The molecule has 0 unspecified atom stereocenters. The van der Waals surface area contributed by atoms with E-state index in [4.69, 9.17) is 0 Å². The summed E-state index contributed by atoms with van der Waals surface area (Å²) in [6, 6.07) is 17.1. The largest absolute Gasteiger partial charge is 0.394 e. The Labute approximate surface area is 184 Å². The molecule has 1 saturated heterocycles. The summed E-state index contributed by atoms with van der Waals surface area (Å²) in [4.78, 5) is 33.6. The van der Waals surface area contributed by atoms with Crippen LogP contribution in [0.3, 0.4) is 0 Å². The number of para-hydroxylation sites is 1. The molecule has 0 bridgehead atoms. The number of pyridine rings is 1. The third-order valence-corrected chi connectivity index (χ3v) is 6.13. The summed E-state index contributed by atoms with van der Waals surface area (Å²) in [5.41, 5.74) is 2.24. The molecule has 3 atom stereocenters. The molecule has 8 heteroatoms. The summed E-state index contributed by atoms with van der Waals surface area (Å²) in [5.74, 6) is -0.823. The van der Waals surface area contributed by atoms with Gasteiger partial charge in [0.1, 0.15) is 11.5 Å². The van der Waals surface area contributed by atoms with E-state index in [9.17, 15) is 19.1 Å². The molecule has 0 saturated carbocycles. The van der Waals surface area contributed by atoms with E-state index in [-0.39, 0.29) is 31.0 Å². The maximum absolute atomic E-state index is 13.6. The molecule has 2 N–H and O–H groups in total. The number of anilines is 2. The lowest BCUT2D eigenvalue weighted by Crippen LogP contribution is -2.71. The minimum atomic E-state index is -0.446. The third kappa shape index (κ3) is 3.29. The van der Waals surface area contributed by atoms with Crippen LogP contribution in [0.1, 0.15) is 22.0 Å². The molecule has 3 amide bonds. The molecule has 2 aromatic carbocycles. The number of carbonyl (C=O) groups excluding carboxylic acids is 2. The first-order valence-electron chi connectivity index (χ1n) is 10.4. The van der Waals surface area contributed by atoms with E-state index in [1.807, 2.05) is 24.3 Å².